The summed E-state index contributed by atoms with van der Waals surface area (Å²) in [5, 5.41) is 11.9. The van der Waals surface area contributed by atoms with Gasteiger partial charge in [-0.25, -0.2) is 0 Å². The zero-order chi connectivity index (χ0) is 15.2. The maximum atomic E-state index is 11.9. The first-order valence-electron chi connectivity index (χ1n) is 7.09. The van der Waals surface area contributed by atoms with Gasteiger partial charge in [0.1, 0.15) is 0 Å². The van der Waals surface area contributed by atoms with Gasteiger partial charge in [-0.1, -0.05) is 19.9 Å². The van der Waals surface area contributed by atoms with E-state index in [1.807, 2.05) is 32.0 Å². The van der Waals surface area contributed by atoms with Crippen LogP contribution in [0.15, 0.2) is 24.3 Å². The highest BCUT2D eigenvalue weighted by Crippen LogP contribution is 2.32. The highest BCUT2D eigenvalue weighted by molar-refractivity contribution is 5.92. The molecule has 0 radical (unpaired) electrons. The van der Waals surface area contributed by atoms with E-state index in [-0.39, 0.29) is 31.3 Å². The SMILES string of the molecule is CC(C)C(CCO)NC(=O)/C=C/c1ccc2c(c1)OCO2. The van der Waals surface area contributed by atoms with Gasteiger partial charge in [-0.15, -0.1) is 0 Å². The summed E-state index contributed by atoms with van der Waals surface area (Å²) in [7, 11) is 0. The molecule has 1 heterocycles. The van der Waals surface area contributed by atoms with Gasteiger partial charge in [-0.05, 0) is 36.1 Å². The van der Waals surface area contributed by atoms with E-state index in [2.05, 4.69) is 5.32 Å². The maximum absolute atomic E-state index is 11.9. The Morgan fingerprint density at radius 3 is 2.86 bits per heavy atom. The van der Waals surface area contributed by atoms with Gasteiger partial charge in [0.25, 0.3) is 0 Å². The van der Waals surface area contributed by atoms with Crippen LogP contribution in [0.2, 0.25) is 0 Å². The number of fused-ring (bicyclic) bond motifs is 1. The Labute approximate surface area is 124 Å². The number of ether oxygens (including phenoxy) is 2. The average Bonchev–Trinajstić information content (AvgIpc) is 2.92. The van der Waals surface area contributed by atoms with E-state index in [0.29, 0.717) is 12.2 Å². The summed E-state index contributed by atoms with van der Waals surface area (Å²) in [4.78, 5) is 11.9. The quantitative estimate of drug-likeness (QED) is 0.786. The van der Waals surface area contributed by atoms with Gasteiger partial charge < -0.3 is 19.9 Å². The largest absolute Gasteiger partial charge is 0.454 e. The number of aliphatic hydroxyl groups excluding tert-OH is 1. The van der Waals surface area contributed by atoms with Gasteiger partial charge in [0, 0.05) is 18.7 Å². The van der Waals surface area contributed by atoms with E-state index in [4.69, 9.17) is 14.6 Å². The van der Waals surface area contributed by atoms with Crippen LogP contribution in [0, 0.1) is 5.92 Å². The van der Waals surface area contributed by atoms with Crippen molar-refractivity contribution >= 4 is 12.0 Å². The topological polar surface area (TPSA) is 67.8 Å². The number of rotatable bonds is 6. The van der Waals surface area contributed by atoms with E-state index in [1.54, 1.807) is 6.08 Å². The van der Waals surface area contributed by atoms with Crippen molar-refractivity contribution in [3.8, 4) is 11.5 Å². The first-order valence-corrected chi connectivity index (χ1v) is 7.09. The Kier molecular flexibility index (Phi) is 5.22. The van der Waals surface area contributed by atoms with E-state index >= 15 is 0 Å². The molecule has 0 aliphatic carbocycles. The Morgan fingerprint density at radius 2 is 2.14 bits per heavy atom. The smallest absolute Gasteiger partial charge is 0.244 e. The maximum Gasteiger partial charge on any atom is 0.244 e. The fourth-order valence-corrected chi connectivity index (χ4v) is 2.13. The molecule has 1 unspecified atom stereocenters. The molecular formula is C16H21NO4. The number of carbonyl (C=O) groups is 1. The van der Waals surface area contributed by atoms with Crippen molar-refractivity contribution in [1.82, 2.24) is 5.32 Å². The number of benzene rings is 1. The molecular weight excluding hydrogens is 270 g/mol. The summed E-state index contributed by atoms with van der Waals surface area (Å²) >= 11 is 0. The second kappa shape index (κ2) is 7.13. The predicted octanol–water partition coefficient (Wildman–Crippen LogP) is 1.95. The lowest BCUT2D eigenvalue weighted by Crippen LogP contribution is -2.38. The summed E-state index contributed by atoms with van der Waals surface area (Å²) in [6.07, 6.45) is 3.78. The van der Waals surface area contributed by atoms with Gasteiger partial charge in [0.15, 0.2) is 11.5 Å². The van der Waals surface area contributed by atoms with Crippen molar-refractivity contribution in [1.29, 1.82) is 0 Å². The fourth-order valence-electron chi connectivity index (χ4n) is 2.13. The van der Waals surface area contributed by atoms with Gasteiger partial charge in [0.05, 0.1) is 0 Å². The average molecular weight is 291 g/mol. The molecule has 1 amide bonds. The minimum absolute atomic E-state index is 0.0242. The highest BCUT2D eigenvalue weighted by Gasteiger charge is 2.14. The van der Waals surface area contributed by atoms with E-state index < -0.39 is 0 Å². The first kappa shape index (κ1) is 15.4. The summed E-state index contributed by atoms with van der Waals surface area (Å²) in [6, 6.07) is 5.50. The van der Waals surface area contributed by atoms with Crippen molar-refractivity contribution in [3.05, 3.63) is 29.8 Å². The second-order valence-corrected chi connectivity index (χ2v) is 5.32. The van der Waals surface area contributed by atoms with Crippen LogP contribution in [-0.2, 0) is 4.79 Å². The van der Waals surface area contributed by atoms with Crippen LogP contribution >= 0.6 is 0 Å². The molecule has 1 aliphatic rings. The molecule has 0 bridgehead atoms. The molecule has 21 heavy (non-hydrogen) atoms. The van der Waals surface area contributed by atoms with Crippen LogP contribution in [-0.4, -0.2) is 30.5 Å². The van der Waals surface area contributed by atoms with Crippen molar-refractivity contribution in [2.45, 2.75) is 26.3 Å². The third kappa shape index (κ3) is 4.23. The summed E-state index contributed by atoms with van der Waals surface area (Å²) in [5.41, 5.74) is 0.873. The predicted molar refractivity (Wildman–Crippen MR) is 80.1 cm³/mol. The minimum atomic E-state index is -0.167. The Balaban J connectivity index is 1.95. The number of nitrogens with one attached hydrogen (secondary N) is 1. The fraction of sp³-hybridized carbons (Fsp3) is 0.438. The van der Waals surface area contributed by atoms with Crippen LogP contribution < -0.4 is 14.8 Å². The lowest BCUT2D eigenvalue weighted by atomic mass is 10.0. The molecule has 0 aromatic heterocycles. The zero-order valence-electron chi connectivity index (χ0n) is 12.3. The molecule has 114 valence electrons. The van der Waals surface area contributed by atoms with Gasteiger partial charge in [-0.2, -0.15) is 0 Å². The molecule has 1 aromatic carbocycles. The van der Waals surface area contributed by atoms with Crippen molar-refractivity contribution in [2.75, 3.05) is 13.4 Å². The molecule has 1 aliphatic heterocycles. The first-order chi connectivity index (χ1) is 10.1. The number of hydrogen-bond donors (Lipinski definition) is 2. The highest BCUT2D eigenvalue weighted by atomic mass is 16.7. The normalized spacial score (nSPS) is 14.7. The number of amides is 1. The van der Waals surface area contributed by atoms with Crippen LogP contribution in [0.5, 0.6) is 11.5 Å². The lowest BCUT2D eigenvalue weighted by Gasteiger charge is -2.20. The molecule has 0 saturated heterocycles. The van der Waals surface area contributed by atoms with Crippen molar-refractivity contribution in [3.63, 3.8) is 0 Å². The van der Waals surface area contributed by atoms with Gasteiger partial charge in [-0.3, -0.25) is 4.79 Å². The molecule has 0 spiro atoms. The standard InChI is InChI=1S/C16H21NO4/c1-11(2)13(7-8-18)17-16(19)6-4-12-3-5-14-15(9-12)21-10-20-14/h3-6,9,11,13,18H,7-8,10H2,1-2H3,(H,17,19)/b6-4+. The number of hydrogen-bond acceptors (Lipinski definition) is 4. The summed E-state index contributed by atoms with van der Waals surface area (Å²) < 4.78 is 10.5. The molecule has 2 rings (SSSR count). The molecule has 0 saturated carbocycles. The van der Waals surface area contributed by atoms with E-state index in [1.165, 1.54) is 6.08 Å². The Morgan fingerprint density at radius 1 is 1.38 bits per heavy atom. The monoisotopic (exact) mass is 291 g/mol. The lowest BCUT2D eigenvalue weighted by molar-refractivity contribution is -0.117. The summed E-state index contributed by atoms with van der Waals surface area (Å²) in [5.74, 6) is 1.53. The number of aliphatic hydroxyl groups is 1. The molecule has 1 atom stereocenters. The molecule has 5 nitrogen and oxygen atoms in total. The molecule has 5 heteroatoms. The zero-order valence-corrected chi connectivity index (χ0v) is 12.3. The third-order valence-electron chi connectivity index (χ3n) is 3.40. The van der Waals surface area contributed by atoms with Crippen LogP contribution in [0.25, 0.3) is 6.08 Å². The van der Waals surface area contributed by atoms with Crippen molar-refractivity contribution < 1.29 is 19.4 Å². The van der Waals surface area contributed by atoms with Gasteiger partial charge in [0.2, 0.25) is 12.7 Å². The van der Waals surface area contributed by atoms with E-state index in [9.17, 15) is 4.79 Å². The van der Waals surface area contributed by atoms with Crippen molar-refractivity contribution in [2.24, 2.45) is 5.92 Å². The summed E-state index contributed by atoms with van der Waals surface area (Å²) in [6.45, 7) is 4.33. The molecule has 1 aromatic rings. The van der Waals surface area contributed by atoms with Crippen LogP contribution in [0.1, 0.15) is 25.8 Å². The van der Waals surface area contributed by atoms with Crippen LogP contribution in [0.4, 0.5) is 0 Å². The Hall–Kier alpha value is -2.01. The second-order valence-electron chi connectivity index (χ2n) is 5.32. The van der Waals surface area contributed by atoms with Gasteiger partial charge >= 0.3 is 0 Å². The van der Waals surface area contributed by atoms with Crippen LogP contribution in [0.3, 0.4) is 0 Å². The molecule has 2 N–H and O–H groups in total. The molecule has 0 fully saturated rings. The number of carbonyl (C=O) groups excluding carboxylic acids is 1. The van der Waals surface area contributed by atoms with E-state index in [0.717, 1.165) is 11.3 Å². The third-order valence-corrected chi connectivity index (χ3v) is 3.40. The Bertz CT molecular complexity index is 525. The minimum Gasteiger partial charge on any atom is -0.454 e.